The highest BCUT2D eigenvalue weighted by Gasteiger charge is 2.18. The van der Waals surface area contributed by atoms with Crippen molar-refractivity contribution in [3.63, 3.8) is 0 Å². The summed E-state index contributed by atoms with van der Waals surface area (Å²) >= 11 is 1.46. The molecule has 0 unspecified atom stereocenters. The van der Waals surface area contributed by atoms with Gasteiger partial charge < -0.3 is 14.8 Å². The molecule has 0 saturated carbocycles. The van der Waals surface area contributed by atoms with Crippen LogP contribution in [0.5, 0.6) is 0 Å². The van der Waals surface area contributed by atoms with Crippen molar-refractivity contribution in [2.24, 2.45) is 0 Å². The summed E-state index contributed by atoms with van der Waals surface area (Å²) in [5.41, 5.74) is 0.801. The summed E-state index contributed by atoms with van der Waals surface area (Å²) < 4.78 is 10.7. The lowest BCUT2D eigenvalue weighted by Gasteiger charge is -2.22. The maximum atomic E-state index is 12.0. The molecule has 6 heteroatoms. The fourth-order valence-corrected chi connectivity index (χ4v) is 2.68. The molecule has 1 atom stereocenters. The number of amides is 1. The zero-order chi connectivity index (χ0) is 13.0. The highest BCUT2D eigenvalue weighted by atomic mass is 32.1. The van der Waals surface area contributed by atoms with E-state index in [4.69, 9.17) is 9.47 Å². The molecular formula is C12H18N2O3S. The lowest BCUT2D eigenvalue weighted by atomic mass is 10.3. The van der Waals surface area contributed by atoms with Crippen molar-refractivity contribution in [2.45, 2.75) is 26.4 Å². The molecule has 0 spiro atoms. The molecule has 18 heavy (non-hydrogen) atoms. The molecule has 1 aromatic rings. The Kier molecular flexibility index (Phi) is 4.68. The number of aromatic nitrogens is 1. The zero-order valence-electron chi connectivity index (χ0n) is 10.7. The van der Waals surface area contributed by atoms with Crippen LogP contribution in [0.3, 0.4) is 0 Å². The number of nitrogens with zero attached hydrogens (tertiary/aromatic N) is 1. The average molecular weight is 270 g/mol. The van der Waals surface area contributed by atoms with Gasteiger partial charge in [-0.2, -0.15) is 0 Å². The number of ether oxygens (including phenoxy) is 2. The van der Waals surface area contributed by atoms with E-state index in [1.165, 1.54) is 11.3 Å². The number of nitrogens with one attached hydrogen (secondary N) is 1. The monoisotopic (exact) mass is 270 g/mol. The fourth-order valence-electron chi connectivity index (χ4n) is 1.76. The molecular weight excluding hydrogens is 252 g/mol. The van der Waals surface area contributed by atoms with Gasteiger partial charge in [-0.3, -0.25) is 4.79 Å². The minimum atomic E-state index is -0.0705. The molecule has 1 amide bonds. The summed E-state index contributed by atoms with van der Waals surface area (Å²) in [6.07, 6.45) is 0.819. The Morgan fingerprint density at radius 2 is 2.39 bits per heavy atom. The Labute approximate surface area is 111 Å². The molecule has 1 aliphatic rings. The molecule has 0 aromatic carbocycles. The van der Waals surface area contributed by atoms with Gasteiger partial charge >= 0.3 is 0 Å². The first-order valence-electron chi connectivity index (χ1n) is 6.14. The zero-order valence-corrected chi connectivity index (χ0v) is 11.5. The highest BCUT2D eigenvalue weighted by molar-refractivity contribution is 7.13. The van der Waals surface area contributed by atoms with E-state index < -0.39 is 0 Å². The quantitative estimate of drug-likeness (QED) is 0.892. The van der Waals surface area contributed by atoms with E-state index in [0.29, 0.717) is 31.2 Å². The summed E-state index contributed by atoms with van der Waals surface area (Å²) in [4.78, 5) is 17.0. The molecule has 1 N–H and O–H groups in total. The van der Waals surface area contributed by atoms with Gasteiger partial charge in [-0.1, -0.05) is 6.92 Å². The van der Waals surface area contributed by atoms with Gasteiger partial charge in [0.25, 0.3) is 5.91 Å². The molecule has 1 saturated heterocycles. The topological polar surface area (TPSA) is 60.5 Å². The first-order valence-corrected chi connectivity index (χ1v) is 6.96. The number of hydrogen-bond acceptors (Lipinski definition) is 5. The first-order chi connectivity index (χ1) is 8.70. The fraction of sp³-hybridized carbons (Fsp3) is 0.667. The van der Waals surface area contributed by atoms with Crippen molar-refractivity contribution in [1.29, 1.82) is 0 Å². The first kappa shape index (κ1) is 13.5. The molecule has 1 aliphatic heterocycles. The van der Waals surface area contributed by atoms with E-state index in [2.05, 4.69) is 10.3 Å². The van der Waals surface area contributed by atoms with Crippen LogP contribution in [0.1, 0.15) is 27.3 Å². The van der Waals surface area contributed by atoms with Crippen LogP contribution in [0.2, 0.25) is 0 Å². The minimum absolute atomic E-state index is 0.0402. The van der Waals surface area contributed by atoms with E-state index >= 15 is 0 Å². The molecule has 5 nitrogen and oxygen atoms in total. The van der Waals surface area contributed by atoms with Crippen molar-refractivity contribution in [3.8, 4) is 0 Å². The molecule has 0 bridgehead atoms. The van der Waals surface area contributed by atoms with Gasteiger partial charge in [0, 0.05) is 6.54 Å². The Bertz CT molecular complexity index is 413. The van der Waals surface area contributed by atoms with Gasteiger partial charge in [0.15, 0.2) is 0 Å². The van der Waals surface area contributed by atoms with Crippen LogP contribution in [0.25, 0.3) is 0 Å². The summed E-state index contributed by atoms with van der Waals surface area (Å²) in [5, 5.41) is 3.87. The molecule has 100 valence electrons. The molecule has 1 fully saturated rings. The molecule has 1 aromatic heterocycles. The largest absolute Gasteiger partial charge is 0.376 e. The Hall–Kier alpha value is -0.980. The standard InChI is InChI=1S/C12H18N2O3S/c1-3-10-14-8(2)11(18-10)12(15)13-6-9-7-16-4-5-17-9/h9H,3-7H2,1-2H3,(H,13,15)/t9-/m0/s1. The van der Waals surface area contributed by atoms with Crippen LogP contribution < -0.4 is 5.32 Å². The maximum absolute atomic E-state index is 12.0. The summed E-state index contributed by atoms with van der Waals surface area (Å²) in [6, 6.07) is 0. The van der Waals surface area contributed by atoms with E-state index in [9.17, 15) is 4.79 Å². The second-order valence-electron chi connectivity index (χ2n) is 4.15. The van der Waals surface area contributed by atoms with E-state index in [1.54, 1.807) is 0 Å². The number of aryl methyl sites for hydroxylation is 2. The third-order valence-electron chi connectivity index (χ3n) is 2.72. The normalized spacial score (nSPS) is 19.8. The third-order valence-corrected chi connectivity index (χ3v) is 4.03. The van der Waals surface area contributed by atoms with Gasteiger partial charge in [-0.05, 0) is 13.3 Å². The van der Waals surface area contributed by atoms with E-state index in [0.717, 1.165) is 17.1 Å². The Morgan fingerprint density at radius 1 is 1.56 bits per heavy atom. The van der Waals surface area contributed by atoms with Crippen molar-refractivity contribution in [2.75, 3.05) is 26.4 Å². The smallest absolute Gasteiger partial charge is 0.263 e. The van der Waals surface area contributed by atoms with Crippen molar-refractivity contribution < 1.29 is 14.3 Å². The predicted octanol–water partition coefficient (Wildman–Crippen LogP) is 1.16. The number of hydrogen-bond donors (Lipinski definition) is 1. The molecule has 0 radical (unpaired) electrons. The van der Waals surface area contributed by atoms with Gasteiger partial charge in [0.1, 0.15) is 4.88 Å². The van der Waals surface area contributed by atoms with Crippen LogP contribution in [-0.2, 0) is 15.9 Å². The van der Waals surface area contributed by atoms with Crippen LogP contribution >= 0.6 is 11.3 Å². The highest BCUT2D eigenvalue weighted by Crippen LogP contribution is 2.18. The maximum Gasteiger partial charge on any atom is 0.263 e. The van der Waals surface area contributed by atoms with E-state index in [-0.39, 0.29) is 12.0 Å². The predicted molar refractivity (Wildman–Crippen MR) is 69.1 cm³/mol. The summed E-state index contributed by atoms with van der Waals surface area (Å²) in [7, 11) is 0. The van der Waals surface area contributed by atoms with Crippen molar-refractivity contribution in [3.05, 3.63) is 15.6 Å². The Morgan fingerprint density at radius 3 is 3.00 bits per heavy atom. The SMILES string of the molecule is CCc1nc(C)c(C(=O)NC[C@H]2COCCO2)s1. The van der Waals surface area contributed by atoms with Gasteiger partial charge in [0.2, 0.25) is 0 Å². The van der Waals surface area contributed by atoms with Gasteiger partial charge in [-0.15, -0.1) is 11.3 Å². The minimum Gasteiger partial charge on any atom is -0.376 e. The lowest BCUT2D eigenvalue weighted by molar-refractivity contribution is -0.0855. The Balaban J connectivity index is 1.88. The molecule has 0 aliphatic carbocycles. The second kappa shape index (κ2) is 6.26. The molecule has 2 heterocycles. The number of thiazole rings is 1. The number of rotatable bonds is 4. The van der Waals surface area contributed by atoms with Crippen LogP contribution in [0, 0.1) is 6.92 Å². The second-order valence-corrected chi connectivity index (χ2v) is 5.24. The molecule has 2 rings (SSSR count). The number of carbonyl (C=O) groups is 1. The summed E-state index contributed by atoms with van der Waals surface area (Å²) in [5.74, 6) is -0.0705. The van der Waals surface area contributed by atoms with Gasteiger partial charge in [-0.25, -0.2) is 4.98 Å². The summed E-state index contributed by atoms with van der Waals surface area (Å²) in [6.45, 7) is 6.16. The lowest BCUT2D eigenvalue weighted by Crippen LogP contribution is -2.39. The number of carbonyl (C=O) groups excluding carboxylic acids is 1. The third kappa shape index (κ3) is 3.28. The van der Waals surface area contributed by atoms with Crippen LogP contribution in [0.4, 0.5) is 0 Å². The van der Waals surface area contributed by atoms with Crippen LogP contribution in [-0.4, -0.2) is 43.4 Å². The van der Waals surface area contributed by atoms with E-state index in [1.807, 2.05) is 13.8 Å². The van der Waals surface area contributed by atoms with Crippen molar-refractivity contribution in [1.82, 2.24) is 10.3 Å². The average Bonchev–Trinajstić information content (AvgIpc) is 2.78. The van der Waals surface area contributed by atoms with Gasteiger partial charge in [0.05, 0.1) is 36.6 Å². The van der Waals surface area contributed by atoms with Crippen LogP contribution in [0.15, 0.2) is 0 Å². The van der Waals surface area contributed by atoms with Crippen molar-refractivity contribution >= 4 is 17.2 Å².